The molecule has 17 heavy (non-hydrogen) atoms. The molecule has 1 aromatic rings. The Morgan fingerprint density at radius 1 is 1.53 bits per heavy atom. The van der Waals surface area contributed by atoms with Crippen molar-refractivity contribution in [3.05, 3.63) is 16.5 Å². The van der Waals surface area contributed by atoms with E-state index in [1.165, 1.54) is 6.07 Å². The first kappa shape index (κ1) is 12.5. The van der Waals surface area contributed by atoms with Gasteiger partial charge in [-0.25, -0.2) is 18.4 Å². The van der Waals surface area contributed by atoms with Crippen LogP contribution < -0.4 is 5.14 Å². The topological polar surface area (TPSA) is 97.5 Å². The van der Waals surface area contributed by atoms with E-state index in [9.17, 15) is 13.2 Å². The van der Waals surface area contributed by atoms with Crippen LogP contribution in [-0.4, -0.2) is 19.5 Å². The molecular weight excluding hydrogens is 262 g/mol. The minimum atomic E-state index is -3.81. The molecule has 1 saturated carbocycles. The summed E-state index contributed by atoms with van der Waals surface area (Å²) >= 11 is 0.741. The van der Waals surface area contributed by atoms with E-state index in [1.54, 1.807) is 0 Å². The number of primary sulfonamides is 1. The summed E-state index contributed by atoms with van der Waals surface area (Å²) in [6.45, 7) is 2.09. The Morgan fingerprint density at radius 2 is 2.12 bits per heavy atom. The number of carbonyl (C=O) groups is 1. The van der Waals surface area contributed by atoms with Gasteiger partial charge in [-0.15, -0.1) is 11.3 Å². The van der Waals surface area contributed by atoms with Gasteiger partial charge in [0, 0.05) is 0 Å². The van der Waals surface area contributed by atoms with Crippen LogP contribution in [-0.2, 0) is 10.0 Å². The summed E-state index contributed by atoms with van der Waals surface area (Å²) in [6, 6.07) is 1.42. The van der Waals surface area contributed by atoms with Crippen molar-refractivity contribution in [1.82, 2.24) is 0 Å². The van der Waals surface area contributed by atoms with Gasteiger partial charge in [0.15, 0.2) is 0 Å². The number of hydrogen-bond acceptors (Lipinski definition) is 4. The van der Waals surface area contributed by atoms with Crippen molar-refractivity contribution in [2.45, 2.75) is 29.9 Å². The molecule has 0 saturated heterocycles. The van der Waals surface area contributed by atoms with E-state index in [4.69, 9.17) is 10.2 Å². The number of carboxylic acids is 1. The molecule has 0 aromatic carbocycles. The maximum absolute atomic E-state index is 11.2. The number of rotatable bonds is 3. The molecule has 0 atom stereocenters. The van der Waals surface area contributed by atoms with Crippen molar-refractivity contribution in [3.63, 3.8) is 0 Å². The minimum Gasteiger partial charge on any atom is -0.477 e. The summed E-state index contributed by atoms with van der Waals surface area (Å²) in [7, 11) is -3.81. The Bertz CT molecular complexity index is 555. The number of aromatic carboxylic acids is 1. The van der Waals surface area contributed by atoms with E-state index in [0.29, 0.717) is 11.5 Å². The lowest BCUT2D eigenvalue weighted by Crippen LogP contribution is -2.20. The number of thiophene rings is 1. The molecule has 94 valence electrons. The number of nitrogens with two attached hydrogens (primary N) is 1. The van der Waals surface area contributed by atoms with Gasteiger partial charge in [0.25, 0.3) is 0 Å². The zero-order valence-electron chi connectivity index (χ0n) is 9.21. The van der Waals surface area contributed by atoms with Crippen LogP contribution in [0.25, 0.3) is 0 Å². The summed E-state index contributed by atoms with van der Waals surface area (Å²) in [6.07, 6.45) is 1.81. The zero-order valence-corrected chi connectivity index (χ0v) is 10.8. The third-order valence-electron chi connectivity index (χ3n) is 3.03. The second-order valence-corrected chi connectivity index (χ2v) is 7.31. The molecule has 5 nitrogen and oxygen atoms in total. The number of sulfonamides is 1. The first-order chi connectivity index (χ1) is 7.79. The summed E-state index contributed by atoms with van der Waals surface area (Å²) in [5.74, 6) is -0.359. The van der Waals surface area contributed by atoms with Crippen LogP contribution in [0.4, 0.5) is 0 Å². The fourth-order valence-corrected chi connectivity index (χ4v) is 3.97. The highest BCUT2D eigenvalue weighted by molar-refractivity contribution is 7.91. The molecule has 0 unspecified atom stereocenters. The van der Waals surface area contributed by atoms with Gasteiger partial charge in [0.1, 0.15) is 9.09 Å². The first-order valence-electron chi connectivity index (χ1n) is 5.19. The predicted molar refractivity (Wildman–Crippen MR) is 63.8 cm³/mol. The van der Waals surface area contributed by atoms with E-state index in [1.807, 2.05) is 0 Å². The summed E-state index contributed by atoms with van der Waals surface area (Å²) in [4.78, 5) is 11.2. The second kappa shape index (κ2) is 4.08. The Hall–Kier alpha value is -0.920. The van der Waals surface area contributed by atoms with Gasteiger partial charge < -0.3 is 5.11 Å². The van der Waals surface area contributed by atoms with Crippen molar-refractivity contribution in [1.29, 1.82) is 0 Å². The fourth-order valence-electron chi connectivity index (χ4n) is 2.15. The molecule has 1 aliphatic carbocycles. The molecule has 3 N–H and O–H groups in total. The minimum absolute atomic E-state index is 0.0653. The molecule has 1 aromatic heterocycles. The largest absolute Gasteiger partial charge is 0.477 e. The van der Waals surface area contributed by atoms with Crippen LogP contribution >= 0.6 is 11.3 Å². The highest BCUT2D eigenvalue weighted by Crippen LogP contribution is 2.45. The van der Waals surface area contributed by atoms with Gasteiger partial charge in [-0.2, -0.15) is 0 Å². The summed E-state index contributed by atoms with van der Waals surface area (Å²) < 4.78 is 22.4. The SMILES string of the molecule is CC1CC(c2cc(S(N)(=O)=O)sc2C(=O)O)C1. The van der Waals surface area contributed by atoms with Crippen LogP contribution in [0.2, 0.25) is 0 Å². The molecule has 7 heteroatoms. The Kier molecular flexibility index (Phi) is 3.01. The summed E-state index contributed by atoms with van der Waals surface area (Å²) in [5, 5.41) is 14.1. The van der Waals surface area contributed by atoms with Crippen molar-refractivity contribution in [3.8, 4) is 0 Å². The zero-order chi connectivity index (χ0) is 12.8. The van der Waals surface area contributed by atoms with Crippen LogP contribution in [0.1, 0.15) is 40.9 Å². The van der Waals surface area contributed by atoms with Gasteiger partial charge >= 0.3 is 5.97 Å². The predicted octanol–water partition coefficient (Wildman–Crippen LogP) is 1.61. The number of hydrogen-bond donors (Lipinski definition) is 2. The normalized spacial score (nSPS) is 24.4. The van der Waals surface area contributed by atoms with Gasteiger partial charge in [-0.3, -0.25) is 0 Å². The highest BCUT2D eigenvalue weighted by atomic mass is 32.2. The van der Waals surface area contributed by atoms with Crippen LogP contribution in [0.15, 0.2) is 10.3 Å². The van der Waals surface area contributed by atoms with E-state index >= 15 is 0 Å². The third kappa shape index (κ3) is 2.36. The maximum Gasteiger partial charge on any atom is 0.346 e. The van der Waals surface area contributed by atoms with Crippen molar-refractivity contribution >= 4 is 27.3 Å². The molecular formula is C10H13NO4S2. The molecule has 2 rings (SSSR count). The Morgan fingerprint density at radius 3 is 2.53 bits per heavy atom. The quantitative estimate of drug-likeness (QED) is 0.875. The molecule has 0 aliphatic heterocycles. The van der Waals surface area contributed by atoms with E-state index in [0.717, 1.165) is 24.2 Å². The lowest BCUT2D eigenvalue weighted by atomic mass is 9.72. The molecule has 0 bridgehead atoms. The Labute approximate surface area is 103 Å². The third-order valence-corrected chi connectivity index (χ3v) is 5.59. The van der Waals surface area contributed by atoms with Gasteiger partial charge in [0.2, 0.25) is 10.0 Å². The molecule has 1 aliphatic rings. The lowest BCUT2D eigenvalue weighted by molar-refractivity contribution is 0.0699. The van der Waals surface area contributed by atoms with E-state index < -0.39 is 16.0 Å². The molecule has 1 fully saturated rings. The number of carboxylic acid groups (broad SMARTS) is 1. The van der Waals surface area contributed by atoms with Crippen molar-refractivity contribution in [2.75, 3.05) is 0 Å². The van der Waals surface area contributed by atoms with Gasteiger partial charge in [-0.05, 0) is 36.3 Å². The monoisotopic (exact) mass is 275 g/mol. The maximum atomic E-state index is 11.2. The molecule has 0 radical (unpaired) electrons. The van der Waals surface area contributed by atoms with Crippen molar-refractivity contribution < 1.29 is 18.3 Å². The average Bonchev–Trinajstić information content (AvgIpc) is 2.56. The molecule has 0 amide bonds. The average molecular weight is 275 g/mol. The smallest absolute Gasteiger partial charge is 0.346 e. The van der Waals surface area contributed by atoms with Crippen LogP contribution in [0.3, 0.4) is 0 Å². The van der Waals surface area contributed by atoms with Crippen molar-refractivity contribution in [2.24, 2.45) is 11.1 Å². The summed E-state index contributed by atoms with van der Waals surface area (Å²) in [5.41, 5.74) is 0.615. The van der Waals surface area contributed by atoms with Gasteiger partial charge in [-0.1, -0.05) is 6.92 Å². The first-order valence-corrected chi connectivity index (χ1v) is 7.55. The van der Waals surface area contributed by atoms with Crippen LogP contribution in [0.5, 0.6) is 0 Å². The molecule has 1 heterocycles. The van der Waals surface area contributed by atoms with Crippen LogP contribution in [0, 0.1) is 5.92 Å². The Balaban J connectivity index is 2.43. The second-order valence-electron chi connectivity index (χ2n) is 4.47. The van der Waals surface area contributed by atoms with E-state index in [2.05, 4.69) is 6.92 Å². The highest BCUT2D eigenvalue weighted by Gasteiger charge is 2.32. The fraction of sp³-hybridized carbons (Fsp3) is 0.500. The standard InChI is InChI=1S/C10H13NO4S2/c1-5-2-6(3-5)7-4-8(17(11,14)15)16-9(7)10(12)13/h4-6H,2-3H2,1H3,(H,12,13)(H2,11,14,15). The van der Waals surface area contributed by atoms with E-state index in [-0.39, 0.29) is 15.0 Å². The molecule has 0 spiro atoms. The van der Waals surface area contributed by atoms with Gasteiger partial charge in [0.05, 0.1) is 0 Å². The lowest BCUT2D eigenvalue weighted by Gasteiger charge is -2.32.